The van der Waals surface area contributed by atoms with Crippen LogP contribution in [0.3, 0.4) is 0 Å². The number of nitrogens with one attached hydrogen (secondary N) is 1. The van der Waals surface area contributed by atoms with E-state index in [0.29, 0.717) is 12.1 Å². The van der Waals surface area contributed by atoms with Crippen LogP contribution in [0.25, 0.3) is 0 Å². The van der Waals surface area contributed by atoms with E-state index in [1.165, 1.54) is 19.2 Å². The maximum atomic E-state index is 11.5. The van der Waals surface area contributed by atoms with Crippen molar-refractivity contribution in [3.8, 4) is 5.75 Å². The van der Waals surface area contributed by atoms with Crippen molar-refractivity contribution >= 4 is 11.6 Å². The van der Waals surface area contributed by atoms with Crippen molar-refractivity contribution in [1.29, 1.82) is 0 Å². The molecular formula is C14H21N3O4. The molecule has 1 amide bonds. The zero-order chi connectivity index (χ0) is 16.2. The highest BCUT2D eigenvalue weighted by atomic mass is 16.6. The fraction of sp³-hybridized carbons (Fsp3) is 0.500. The Labute approximate surface area is 123 Å². The zero-order valence-corrected chi connectivity index (χ0v) is 12.7. The molecule has 0 saturated heterocycles. The van der Waals surface area contributed by atoms with Gasteiger partial charge in [0.15, 0.2) is 5.75 Å². The first-order valence-corrected chi connectivity index (χ1v) is 6.51. The van der Waals surface area contributed by atoms with E-state index < -0.39 is 16.9 Å². The van der Waals surface area contributed by atoms with Crippen LogP contribution in [0.1, 0.15) is 26.3 Å². The Bertz CT molecular complexity index is 538. The summed E-state index contributed by atoms with van der Waals surface area (Å²) in [6.07, 6.45) is 0. The zero-order valence-electron chi connectivity index (χ0n) is 12.7. The Hall–Kier alpha value is -2.15. The molecule has 0 radical (unpaired) electrons. The van der Waals surface area contributed by atoms with Crippen molar-refractivity contribution < 1.29 is 14.5 Å². The number of amides is 1. The van der Waals surface area contributed by atoms with Crippen LogP contribution in [-0.4, -0.2) is 24.0 Å². The van der Waals surface area contributed by atoms with Gasteiger partial charge < -0.3 is 15.8 Å². The maximum Gasteiger partial charge on any atom is 0.311 e. The Balaban J connectivity index is 2.91. The first kappa shape index (κ1) is 16.9. The van der Waals surface area contributed by atoms with Gasteiger partial charge in [0.05, 0.1) is 18.1 Å². The van der Waals surface area contributed by atoms with Crippen LogP contribution in [0.4, 0.5) is 5.69 Å². The second-order valence-corrected chi connectivity index (χ2v) is 5.85. The Morgan fingerprint density at radius 1 is 1.48 bits per heavy atom. The van der Waals surface area contributed by atoms with Crippen molar-refractivity contribution in [2.75, 3.05) is 7.11 Å². The quantitative estimate of drug-likeness (QED) is 0.612. The minimum Gasteiger partial charge on any atom is -0.490 e. The third-order valence-corrected chi connectivity index (χ3v) is 3.10. The normalized spacial score (nSPS) is 12.8. The van der Waals surface area contributed by atoms with Crippen molar-refractivity contribution in [2.45, 2.75) is 33.4 Å². The van der Waals surface area contributed by atoms with Crippen LogP contribution in [-0.2, 0) is 11.3 Å². The molecule has 0 bridgehead atoms. The summed E-state index contributed by atoms with van der Waals surface area (Å²) < 4.78 is 4.94. The molecule has 1 aromatic rings. The molecule has 1 aromatic carbocycles. The average molecular weight is 295 g/mol. The van der Waals surface area contributed by atoms with Crippen molar-refractivity contribution in [3.05, 3.63) is 33.9 Å². The number of nitro benzene ring substituents is 1. The minimum absolute atomic E-state index is 0.108. The van der Waals surface area contributed by atoms with Gasteiger partial charge in [-0.15, -0.1) is 0 Å². The van der Waals surface area contributed by atoms with Crippen LogP contribution >= 0.6 is 0 Å². The molecule has 7 heteroatoms. The second kappa shape index (κ2) is 6.53. The van der Waals surface area contributed by atoms with Gasteiger partial charge in [-0.05, 0) is 17.0 Å². The summed E-state index contributed by atoms with van der Waals surface area (Å²) in [5.74, 6) is -0.253. The largest absolute Gasteiger partial charge is 0.490 e. The molecule has 0 aromatic heterocycles. The number of ether oxygens (including phenoxy) is 1. The summed E-state index contributed by atoms with van der Waals surface area (Å²) in [6.45, 7) is 5.99. The fourth-order valence-corrected chi connectivity index (χ4v) is 2.04. The number of nitro groups is 1. The summed E-state index contributed by atoms with van der Waals surface area (Å²) in [6, 6.07) is 4.14. The number of nitrogens with zero attached hydrogens (tertiary/aromatic N) is 1. The lowest BCUT2D eigenvalue weighted by Gasteiger charge is -2.28. The predicted octanol–water partition coefficient (Wildman–Crippen LogP) is 1.59. The predicted molar refractivity (Wildman–Crippen MR) is 78.9 cm³/mol. The van der Waals surface area contributed by atoms with Gasteiger partial charge in [-0.3, -0.25) is 14.9 Å². The lowest BCUT2D eigenvalue weighted by molar-refractivity contribution is -0.385. The number of carbonyl (C=O) groups excluding carboxylic acids is 1. The molecule has 0 aliphatic heterocycles. The molecule has 1 rings (SSSR count). The highest BCUT2D eigenvalue weighted by Crippen LogP contribution is 2.27. The Kier molecular flexibility index (Phi) is 5.26. The van der Waals surface area contributed by atoms with E-state index in [1.807, 2.05) is 20.8 Å². The standard InChI is InChI=1S/C14H21N3O4/c1-14(2,3)12(13(15)18)16-8-9-5-6-11(21-4)10(7-9)17(19)20/h5-7,12,16H,8H2,1-4H3,(H2,15,18). The molecular weight excluding hydrogens is 274 g/mol. The highest BCUT2D eigenvalue weighted by molar-refractivity contribution is 5.80. The summed E-state index contributed by atoms with van der Waals surface area (Å²) in [5.41, 5.74) is 5.61. The lowest BCUT2D eigenvalue weighted by atomic mass is 9.86. The number of benzene rings is 1. The van der Waals surface area contributed by atoms with E-state index in [4.69, 9.17) is 10.5 Å². The van der Waals surface area contributed by atoms with Gasteiger partial charge >= 0.3 is 5.69 Å². The fourth-order valence-electron chi connectivity index (χ4n) is 2.04. The molecule has 116 valence electrons. The number of hydrogen-bond donors (Lipinski definition) is 2. The van der Waals surface area contributed by atoms with Crippen LogP contribution in [0.15, 0.2) is 18.2 Å². The average Bonchev–Trinajstić information content (AvgIpc) is 2.36. The van der Waals surface area contributed by atoms with Crippen molar-refractivity contribution in [2.24, 2.45) is 11.1 Å². The number of rotatable bonds is 6. The summed E-state index contributed by atoms with van der Waals surface area (Å²) in [7, 11) is 1.38. The summed E-state index contributed by atoms with van der Waals surface area (Å²) in [5, 5.41) is 14.0. The molecule has 3 N–H and O–H groups in total. The Morgan fingerprint density at radius 2 is 2.10 bits per heavy atom. The van der Waals surface area contributed by atoms with Gasteiger partial charge in [0.2, 0.25) is 5.91 Å². The molecule has 0 fully saturated rings. The minimum atomic E-state index is -0.529. The number of primary amides is 1. The maximum absolute atomic E-state index is 11.5. The van der Waals surface area contributed by atoms with E-state index in [9.17, 15) is 14.9 Å². The van der Waals surface area contributed by atoms with Gasteiger partial charge in [-0.25, -0.2) is 0 Å². The monoisotopic (exact) mass is 295 g/mol. The van der Waals surface area contributed by atoms with Crippen LogP contribution in [0, 0.1) is 15.5 Å². The molecule has 7 nitrogen and oxygen atoms in total. The van der Waals surface area contributed by atoms with E-state index in [-0.39, 0.29) is 16.9 Å². The lowest BCUT2D eigenvalue weighted by Crippen LogP contribution is -2.49. The number of carbonyl (C=O) groups is 1. The van der Waals surface area contributed by atoms with Crippen molar-refractivity contribution in [3.63, 3.8) is 0 Å². The summed E-state index contributed by atoms with van der Waals surface area (Å²) in [4.78, 5) is 21.9. The molecule has 0 aliphatic rings. The number of methoxy groups -OCH3 is 1. The molecule has 0 aliphatic carbocycles. The first-order chi connectivity index (χ1) is 9.66. The molecule has 1 atom stereocenters. The third-order valence-electron chi connectivity index (χ3n) is 3.10. The molecule has 1 unspecified atom stereocenters. The van der Waals surface area contributed by atoms with Gasteiger partial charge in [0.25, 0.3) is 0 Å². The highest BCUT2D eigenvalue weighted by Gasteiger charge is 2.29. The van der Waals surface area contributed by atoms with E-state index in [1.54, 1.807) is 6.07 Å². The molecule has 0 spiro atoms. The number of hydrogen-bond acceptors (Lipinski definition) is 5. The van der Waals surface area contributed by atoms with Crippen molar-refractivity contribution in [1.82, 2.24) is 5.32 Å². The topological polar surface area (TPSA) is 107 Å². The van der Waals surface area contributed by atoms with Gasteiger partial charge in [0.1, 0.15) is 0 Å². The third kappa shape index (κ3) is 4.42. The molecule has 21 heavy (non-hydrogen) atoms. The summed E-state index contributed by atoms with van der Waals surface area (Å²) >= 11 is 0. The van der Waals surface area contributed by atoms with Gasteiger partial charge in [0, 0.05) is 12.6 Å². The molecule has 0 heterocycles. The van der Waals surface area contributed by atoms with Crippen LogP contribution < -0.4 is 15.8 Å². The van der Waals surface area contributed by atoms with E-state index >= 15 is 0 Å². The second-order valence-electron chi connectivity index (χ2n) is 5.85. The van der Waals surface area contributed by atoms with E-state index in [0.717, 1.165) is 0 Å². The van der Waals surface area contributed by atoms with Crippen LogP contribution in [0.2, 0.25) is 0 Å². The Morgan fingerprint density at radius 3 is 2.52 bits per heavy atom. The molecule has 0 saturated carbocycles. The van der Waals surface area contributed by atoms with Gasteiger partial charge in [-0.1, -0.05) is 26.8 Å². The van der Waals surface area contributed by atoms with Crippen LogP contribution in [0.5, 0.6) is 5.75 Å². The first-order valence-electron chi connectivity index (χ1n) is 6.51. The smallest absolute Gasteiger partial charge is 0.311 e. The SMILES string of the molecule is COc1ccc(CNC(C(N)=O)C(C)(C)C)cc1[N+](=O)[O-]. The van der Waals surface area contributed by atoms with Gasteiger partial charge in [-0.2, -0.15) is 0 Å². The van der Waals surface area contributed by atoms with E-state index in [2.05, 4.69) is 5.32 Å². The number of nitrogens with two attached hydrogens (primary N) is 1.